The fourth-order valence-corrected chi connectivity index (χ4v) is 3.48. The van der Waals surface area contributed by atoms with Crippen LogP contribution >= 0.6 is 0 Å². The molecule has 2 rings (SSSR count). The molecule has 6 heteroatoms. The van der Waals surface area contributed by atoms with Gasteiger partial charge in [0.05, 0.1) is 19.9 Å². The van der Waals surface area contributed by atoms with Gasteiger partial charge in [0.1, 0.15) is 17.5 Å². The molecule has 150 valence electrons. The Morgan fingerprint density at radius 3 is 2.41 bits per heavy atom. The summed E-state index contributed by atoms with van der Waals surface area (Å²) in [6.07, 6.45) is 5.77. The highest BCUT2D eigenvalue weighted by molar-refractivity contribution is 5.98. The number of anilines is 1. The van der Waals surface area contributed by atoms with Gasteiger partial charge in [-0.1, -0.05) is 33.1 Å². The van der Waals surface area contributed by atoms with Crippen LogP contribution in [0.15, 0.2) is 18.2 Å². The van der Waals surface area contributed by atoms with Crippen LogP contribution < -0.4 is 20.1 Å². The number of carbonyl (C=O) groups is 2. The molecule has 1 aliphatic carbocycles. The van der Waals surface area contributed by atoms with E-state index in [9.17, 15) is 9.59 Å². The van der Waals surface area contributed by atoms with Crippen LogP contribution in [0.3, 0.4) is 0 Å². The predicted octanol–water partition coefficient (Wildman–Crippen LogP) is 3.75. The lowest BCUT2D eigenvalue weighted by molar-refractivity contribution is -0.130. The second-order valence-corrected chi connectivity index (χ2v) is 7.58. The van der Waals surface area contributed by atoms with Crippen LogP contribution in [0.5, 0.6) is 11.5 Å². The average Bonchev–Trinajstić information content (AvgIpc) is 2.67. The monoisotopic (exact) mass is 376 g/mol. The Hall–Kier alpha value is -2.24. The van der Waals surface area contributed by atoms with E-state index in [1.807, 2.05) is 13.8 Å². The summed E-state index contributed by atoms with van der Waals surface area (Å²) in [7, 11) is 3.12. The summed E-state index contributed by atoms with van der Waals surface area (Å²) >= 11 is 0. The Morgan fingerprint density at radius 1 is 1.11 bits per heavy atom. The second-order valence-electron chi connectivity index (χ2n) is 7.58. The zero-order chi connectivity index (χ0) is 19.8. The molecule has 1 atom stereocenters. The molecule has 6 nitrogen and oxygen atoms in total. The van der Waals surface area contributed by atoms with Gasteiger partial charge in [-0.15, -0.1) is 0 Å². The zero-order valence-corrected chi connectivity index (χ0v) is 16.8. The molecule has 0 spiro atoms. The number of hydrogen-bond acceptors (Lipinski definition) is 4. The molecule has 27 heavy (non-hydrogen) atoms. The van der Waals surface area contributed by atoms with Gasteiger partial charge in [-0.05, 0) is 37.3 Å². The van der Waals surface area contributed by atoms with Gasteiger partial charge in [0.15, 0.2) is 0 Å². The van der Waals surface area contributed by atoms with E-state index in [4.69, 9.17) is 9.47 Å². The first-order valence-corrected chi connectivity index (χ1v) is 9.77. The molecule has 1 aromatic carbocycles. The Balaban J connectivity index is 2.08. The summed E-state index contributed by atoms with van der Waals surface area (Å²) in [5.41, 5.74) is 0.559. The molecule has 1 fully saturated rings. The van der Waals surface area contributed by atoms with Crippen molar-refractivity contribution in [2.75, 3.05) is 19.5 Å². The number of carbonyl (C=O) groups excluding carboxylic acids is 2. The largest absolute Gasteiger partial charge is 0.497 e. The van der Waals surface area contributed by atoms with E-state index in [-0.39, 0.29) is 23.7 Å². The van der Waals surface area contributed by atoms with E-state index in [1.165, 1.54) is 6.42 Å². The normalized spacial score (nSPS) is 15.9. The third kappa shape index (κ3) is 6.15. The molecule has 0 saturated heterocycles. The molecule has 2 amide bonds. The molecule has 0 radical (unpaired) electrons. The van der Waals surface area contributed by atoms with E-state index in [1.54, 1.807) is 32.4 Å². The Morgan fingerprint density at radius 2 is 1.81 bits per heavy atom. The Kier molecular flexibility index (Phi) is 7.95. The van der Waals surface area contributed by atoms with Gasteiger partial charge >= 0.3 is 0 Å². The number of amides is 2. The fourth-order valence-electron chi connectivity index (χ4n) is 3.48. The van der Waals surface area contributed by atoms with Crippen LogP contribution in [-0.2, 0) is 9.59 Å². The maximum absolute atomic E-state index is 12.9. The third-order valence-electron chi connectivity index (χ3n) is 4.98. The summed E-state index contributed by atoms with van der Waals surface area (Å²) in [6, 6.07) is 4.65. The second kappa shape index (κ2) is 10.2. The van der Waals surface area contributed by atoms with Gasteiger partial charge in [0.25, 0.3) is 0 Å². The number of ether oxygens (including phenoxy) is 2. The molecule has 0 heterocycles. The van der Waals surface area contributed by atoms with Crippen LogP contribution in [0, 0.1) is 11.8 Å². The van der Waals surface area contributed by atoms with Gasteiger partial charge in [0, 0.05) is 12.0 Å². The van der Waals surface area contributed by atoms with E-state index >= 15 is 0 Å². The van der Waals surface area contributed by atoms with Crippen molar-refractivity contribution >= 4 is 17.5 Å². The van der Waals surface area contributed by atoms with Gasteiger partial charge in [-0.2, -0.15) is 0 Å². The topological polar surface area (TPSA) is 76.7 Å². The quantitative estimate of drug-likeness (QED) is 0.724. The summed E-state index contributed by atoms with van der Waals surface area (Å²) in [5, 5.41) is 5.87. The highest BCUT2D eigenvalue weighted by Crippen LogP contribution is 2.29. The van der Waals surface area contributed by atoms with Crippen LogP contribution in [0.2, 0.25) is 0 Å². The fraction of sp³-hybridized carbons (Fsp3) is 0.619. The molecule has 1 aromatic rings. The lowest BCUT2D eigenvalue weighted by Gasteiger charge is -2.25. The lowest BCUT2D eigenvalue weighted by Crippen LogP contribution is -2.47. The first-order valence-electron chi connectivity index (χ1n) is 9.77. The van der Waals surface area contributed by atoms with Crippen molar-refractivity contribution in [2.45, 2.75) is 58.4 Å². The maximum Gasteiger partial charge on any atom is 0.247 e. The number of hydrogen-bond donors (Lipinski definition) is 2. The van der Waals surface area contributed by atoms with Gasteiger partial charge < -0.3 is 20.1 Å². The number of benzene rings is 1. The van der Waals surface area contributed by atoms with Crippen molar-refractivity contribution in [3.05, 3.63) is 18.2 Å². The van der Waals surface area contributed by atoms with E-state index < -0.39 is 6.04 Å². The van der Waals surface area contributed by atoms with Crippen molar-refractivity contribution in [1.82, 2.24) is 5.32 Å². The number of nitrogens with one attached hydrogen (secondary N) is 2. The molecule has 0 unspecified atom stereocenters. The van der Waals surface area contributed by atoms with Gasteiger partial charge in [-0.3, -0.25) is 9.59 Å². The minimum absolute atomic E-state index is 0.00260. The van der Waals surface area contributed by atoms with Crippen molar-refractivity contribution < 1.29 is 19.1 Å². The number of methoxy groups -OCH3 is 2. The zero-order valence-electron chi connectivity index (χ0n) is 16.8. The van der Waals surface area contributed by atoms with Crippen molar-refractivity contribution in [2.24, 2.45) is 11.8 Å². The summed E-state index contributed by atoms with van der Waals surface area (Å²) in [5.74, 6) is 1.24. The molecular weight excluding hydrogens is 344 g/mol. The smallest absolute Gasteiger partial charge is 0.247 e. The lowest BCUT2D eigenvalue weighted by atomic mass is 9.88. The average molecular weight is 376 g/mol. The minimum atomic E-state index is -0.564. The van der Waals surface area contributed by atoms with Gasteiger partial charge in [0.2, 0.25) is 11.8 Å². The highest BCUT2D eigenvalue weighted by Gasteiger charge is 2.27. The third-order valence-corrected chi connectivity index (χ3v) is 4.98. The van der Waals surface area contributed by atoms with E-state index in [0.717, 1.165) is 25.7 Å². The van der Waals surface area contributed by atoms with Crippen LogP contribution in [0.4, 0.5) is 5.69 Å². The summed E-state index contributed by atoms with van der Waals surface area (Å²) in [4.78, 5) is 25.5. The predicted molar refractivity (Wildman–Crippen MR) is 106 cm³/mol. The molecule has 0 aliphatic heterocycles. The molecule has 1 saturated carbocycles. The van der Waals surface area contributed by atoms with Crippen LogP contribution in [0.1, 0.15) is 52.4 Å². The highest BCUT2D eigenvalue weighted by atomic mass is 16.5. The van der Waals surface area contributed by atoms with Crippen LogP contribution in [0.25, 0.3) is 0 Å². The minimum Gasteiger partial charge on any atom is -0.497 e. The molecule has 2 N–H and O–H groups in total. The number of rotatable bonds is 8. The Bertz CT molecular complexity index is 639. The Labute approximate surface area is 162 Å². The standard InChI is InChI=1S/C21H32N2O4/c1-14(2)12-18(23-20(24)15-8-6-5-7-9-15)21(25)22-17-11-10-16(26-3)13-19(17)27-4/h10-11,13-15,18H,5-9,12H2,1-4H3,(H,22,25)(H,23,24)/t18-/m0/s1. The van der Waals surface area contributed by atoms with Crippen molar-refractivity contribution in [1.29, 1.82) is 0 Å². The molecule has 0 aromatic heterocycles. The maximum atomic E-state index is 12.9. The van der Waals surface area contributed by atoms with Gasteiger partial charge in [-0.25, -0.2) is 0 Å². The van der Waals surface area contributed by atoms with Crippen molar-refractivity contribution in [3.63, 3.8) is 0 Å². The summed E-state index contributed by atoms with van der Waals surface area (Å²) in [6.45, 7) is 4.09. The SMILES string of the molecule is COc1ccc(NC(=O)[C@H](CC(C)C)NC(=O)C2CCCCC2)c(OC)c1. The van der Waals surface area contributed by atoms with E-state index in [2.05, 4.69) is 10.6 Å². The first kappa shape index (κ1) is 21.1. The molecule has 1 aliphatic rings. The first-order chi connectivity index (χ1) is 12.9. The van der Waals surface area contributed by atoms with Crippen molar-refractivity contribution in [3.8, 4) is 11.5 Å². The van der Waals surface area contributed by atoms with E-state index in [0.29, 0.717) is 23.6 Å². The summed E-state index contributed by atoms with van der Waals surface area (Å²) < 4.78 is 10.5. The van der Waals surface area contributed by atoms with Crippen LogP contribution in [-0.4, -0.2) is 32.1 Å². The molecule has 0 bridgehead atoms. The molecular formula is C21H32N2O4.